The van der Waals surface area contributed by atoms with E-state index < -0.39 is 13.0 Å². The van der Waals surface area contributed by atoms with Crippen LogP contribution in [-0.4, -0.2) is 24.0 Å². The van der Waals surface area contributed by atoms with E-state index in [9.17, 15) is 8.78 Å². The first-order valence-corrected chi connectivity index (χ1v) is 5.15. The summed E-state index contributed by atoms with van der Waals surface area (Å²) < 4.78 is 28.6. The third-order valence-electron chi connectivity index (χ3n) is 2.06. The Morgan fingerprint density at radius 3 is 2.58 bits per heavy atom. The van der Waals surface area contributed by atoms with Crippen LogP contribution in [0.25, 0.3) is 0 Å². The predicted molar refractivity (Wildman–Crippen MR) is 46.9 cm³/mol. The molecule has 0 heterocycles. The maximum atomic E-state index is 11.8. The van der Waals surface area contributed by atoms with Gasteiger partial charge in [0.05, 0.1) is 6.10 Å². The molecular formula is C8H13BrF2O. The van der Waals surface area contributed by atoms with Crippen molar-refractivity contribution in [3.05, 3.63) is 0 Å². The Morgan fingerprint density at radius 1 is 1.33 bits per heavy atom. The van der Waals surface area contributed by atoms with Crippen molar-refractivity contribution < 1.29 is 13.5 Å². The summed E-state index contributed by atoms with van der Waals surface area (Å²) in [6, 6.07) is 0. The average Bonchev–Trinajstić information content (AvgIpc) is 2.03. The summed E-state index contributed by atoms with van der Waals surface area (Å²) in [4.78, 5) is 0.269. The minimum absolute atomic E-state index is 0.00671. The standard InChI is InChI=1S/C8H13BrF2O/c9-6-3-1-2-4-7(6)12-5-8(10)11/h6-8H,1-5H2. The molecule has 1 rings (SSSR count). The number of rotatable bonds is 3. The van der Waals surface area contributed by atoms with Crippen LogP contribution in [-0.2, 0) is 4.74 Å². The molecule has 0 aromatic carbocycles. The van der Waals surface area contributed by atoms with Gasteiger partial charge in [0.1, 0.15) is 6.61 Å². The van der Waals surface area contributed by atoms with E-state index in [-0.39, 0.29) is 10.9 Å². The Morgan fingerprint density at radius 2 is 2.00 bits per heavy atom. The van der Waals surface area contributed by atoms with E-state index in [2.05, 4.69) is 15.9 Å². The molecule has 1 saturated carbocycles. The van der Waals surface area contributed by atoms with E-state index in [1.165, 1.54) is 6.42 Å². The monoisotopic (exact) mass is 242 g/mol. The Balaban J connectivity index is 2.20. The number of halogens is 3. The average molecular weight is 243 g/mol. The molecule has 12 heavy (non-hydrogen) atoms. The highest BCUT2D eigenvalue weighted by atomic mass is 79.9. The summed E-state index contributed by atoms with van der Waals surface area (Å²) in [6.45, 7) is -0.424. The summed E-state index contributed by atoms with van der Waals surface area (Å²) in [6.07, 6.45) is 1.86. The lowest BCUT2D eigenvalue weighted by molar-refractivity contribution is -0.0330. The number of alkyl halides is 3. The first kappa shape index (κ1) is 10.4. The van der Waals surface area contributed by atoms with E-state index in [0.717, 1.165) is 19.3 Å². The molecule has 0 amide bonds. The summed E-state index contributed by atoms with van der Waals surface area (Å²) in [5, 5.41) is 0. The van der Waals surface area contributed by atoms with Gasteiger partial charge >= 0.3 is 0 Å². The van der Waals surface area contributed by atoms with Gasteiger partial charge in [0.2, 0.25) is 0 Å². The van der Waals surface area contributed by atoms with Gasteiger partial charge < -0.3 is 4.74 Å². The highest BCUT2D eigenvalue weighted by Crippen LogP contribution is 2.26. The molecule has 0 aromatic rings. The SMILES string of the molecule is FC(F)COC1CCCCC1Br. The van der Waals surface area contributed by atoms with Crippen LogP contribution in [0, 0.1) is 0 Å². The van der Waals surface area contributed by atoms with Crippen LogP contribution in [0.2, 0.25) is 0 Å². The molecule has 1 aliphatic rings. The molecule has 0 aliphatic heterocycles. The van der Waals surface area contributed by atoms with Crippen molar-refractivity contribution in [2.75, 3.05) is 6.61 Å². The van der Waals surface area contributed by atoms with Crippen molar-refractivity contribution in [3.8, 4) is 0 Å². The number of hydrogen-bond acceptors (Lipinski definition) is 1. The topological polar surface area (TPSA) is 9.23 Å². The Labute approximate surface area is 79.6 Å². The van der Waals surface area contributed by atoms with Gasteiger partial charge in [-0.3, -0.25) is 0 Å². The molecule has 0 N–H and O–H groups in total. The molecule has 0 spiro atoms. The van der Waals surface area contributed by atoms with E-state index >= 15 is 0 Å². The molecule has 2 unspecified atom stereocenters. The molecule has 0 aromatic heterocycles. The molecule has 0 radical (unpaired) electrons. The van der Waals surface area contributed by atoms with Gasteiger partial charge in [-0.2, -0.15) is 0 Å². The highest BCUT2D eigenvalue weighted by Gasteiger charge is 2.24. The van der Waals surface area contributed by atoms with Crippen LogP contribution < -0.4 is 0 Å². The molecule has 72 valence electrons. The molecule has 2 atom stereocenters. The van der Waals surface area contributed by atoms with Crippen molar-refractivity contribution in [1.29, 1.82) is 0 Å². The summed E-state index contributed by atoms with van der Waals surface area (Å²) in [7, 11) is 0. The number of ether oxygens (including phenoxy) is 1. The van der Waals surface area contributed by atoms with Gasteiger partial charge in [-0.25, -0.2) is 8.78 Å². The van der Waals surface area contributed by atoms with Crippen molar-refractivity contribution in [1.82, 2.24) is 0 Å². The largest absolute Gasteiger partial charge is 0.371 e. The molecule has 0 bridgehead atoms. The smallest absolute Gasteiger partial charge is 0.261 e. The zero-order chi connectivity index (χ0) is 8.97. The summed E-state index contributed by atoms with van der Waals surface area (Å²) >= 11 is 3.43. The van der Waals surface area contributed by atoms with Gasteiger partial charge in [0, 0.05) is 4.83 Å². The second-order valence-corrected chi connectivity index (χ2v) is 4.24. The van der Waals surface area contributed by atoms with Crippen LogP contribution >= 0.6 is 15.9 Å². The summed E-state index contributed by atoms with van der Waals surface area (Å²) in [5.41, 5.74) is 0. The van der Waals surface area contributed by atoms with Gasteiger partial charge in [-0.05, 0) is 12.8 Å². The van der Waals surface area contributed by atoms with Gasteiger partial charge in [-0.15, -0.1) is 0 Å². The van der Waals surface area contributed by atoms with Gasteiger partial charge in [-0.1, -0.05) is 28.8 Å². The third-order valence-corrected chi connectivity index (χ3v) is 3.11. The van der Waals surface area contributed by atoms with Crippen molar-refractivity contribution in [2.45, 2.75) is 43.0 Å². The van der Waals surface area contributed by atoms with Gasteiger partial charge in [0.25, 0.3) is 6.43 Å². The predicted octanol–water partition coefficient (Wildman–Crippen LogP) is 2.97. The van der Waals surface area contributed by atoms with Gasteiger partial charge in [0.15, 0.2) is 0 Å². The van der Waals surface area contributed by atoms with Crippen molar-refractivity contribution in [2.24, 2.45) is 0 Å². The molecule has 1 fully saturated rings. The van der Waals surface area contributed by atoms with E-state index in [1.54, 1.807) is 0 Å². The lowest BCUT2D eigenvalue weighted by Gasteiger charge is -2.27. The van der Waals surface area contributed by atoms with E-state index in [4.69, 9.17) is 4.74 Å². The Hall–Kier alpha value is 0.300. The fraction of sp³-hybridized carbons (Fsp3) is 1.00. The fourth-order valence-corrected chi connectivity index (χ4v) is 2.18. The number of hydrogen-bond donors (Lipinski definition) is 0. The quantitative estimate of drug-likeness (QED) is 0.692. The van der Waals surface area contributed by atoms with E-state index in [1.807, 2.05) is 0 Å². The first-order chi connectivity index (χ1) is 5.70. The first-order valence-electron chi connectivity index (χ1n) is 4.24. The maximum absolute atomic E-state index is 11.8. The minimum Gasteiger partial charge on any atom is -0.371 e. The van der Waals surface area contributed by atoms with Crippen LogP contribution in [0.1, 0.15) is 25.7 Å². The minimum atomic E-state index is -2.34. The second-order valence-electron chi connectivity index (χ2n) is 3.06. The van der Waals surface area contributed by atoms with E-state index in [0.29, 0.717) is 0 Å². The van der Waals surface area contributed by atoms with Crippen LogP contribution in [0.4, 0.5) is 8.78 Å². The molecule has 1 nitrogen and oxygen atoms in total. The van der Waals surface area contributed by atoms with Crippen LogP contribution in [0.3, 0.4) is 0 Å². The highest BCUT2D eigenvalue weighted by molar-refractivity contribution is 9.09. The molecular weight excluding hydrogens is 230 g/mol. The molecule has 1 aliphatic carbocycles. The third kappa shape index (κ3) is 3.35. The van der Waals surface area contributed by atoms with Crippen LogP contribution in [0.5, 0.6) is 0 Å². The zero-order valence-electron chi connectivity index (χ0n) is 6.81. The van der Waals surface area contributed by atoms with Crippen molar-refractivity contribution in [3.63, 3.8) is 0 Å². The molecule has 4 heteroatoms. The Kier molecular flexibility index (Phi) is 4.43. The lowest BCUT2D eigenvalue weighted by Crippen LogP contribution is -2.29. The summed E-state index contributed by atoms with van der Waals surface area (Å²) in [5.74, 6) is 0. The zero-order valence-corrected chi connectivity index (χ0v) is 8.40. The fourth-order valence-electron chi connectivity index (χ4n) is 1.44. The normalized spacial score (nSPS) is 31.0. The second kappa shape index (κ2) is 5.12. The Bertz CT molecular complexity index is 132. The van der Waals surface area contributed by atoms with Crippen LogP contribution in [0.15, 0.2) is 0 Å². The lowest BCUT2D eigenvalue weighted by atomic mass is 9.98. The maximum Gasteiger partial charge on any atom is 0.261 e. The molecule has 0 saturated heterocycles. The van der Waals surface area contributed by atoms with Crippen molar-refractivity contribution >= 4 is 15.9 Å².